The Morgan fingerprint density at radius 3 is 2.26 bits per heavy atom. The average molecular weight is 681 g/mol. The van der Waals surface area contributed by atoms with Gasteiger partial charge in [-0.15, -0.1) is 0 Å². The zero-order valence-electron chi connectivity index (χ0n) is 28.0. The van der Waals surface area contributed by atoms with Crippen LogP contribution < -0.4 is 15.7 Å². The molecule has 4 aromatic rings. The second-order valence-corrected chi connectivity index (χ2v) is 12.7. The molecule has 12 nitrogen and oxygen atoms in total. The monoisotopic (exact) mass is 680 g/mol. The number of nitrogens with one attached hydrogen (secondary N) is 2. The van der Waals surface area contributed by atoms with Gasteiger partial charge in [0.1, 0.15) is 0 Å². The highest BCUT2D eigenvalue weighted by atomic mass is 16.7. The lowest BCUT2D eigenvalue weighted by Gasteiger charge is -2.40. The van der Waals surface area contributed by atoms with Crippen LogP contribution in [0, 0.1) is 0 Å². The van der Waals surface area contributed by atoms with E-state index in [2.05, 4.69) is 43.3 Å². The van der Waals surface area contributed by atoms with E-state index in [1.807, 2.05) is 60.7 Å². The van der Waals surface area contributed by atoms with Gasteiger partial charge in [0.05, 0.1) is 18.8 Å². The van der Waals surface area contributed by atoms with Gasteiger partial charge in [-0.3, -0.25) is 19.7 Å². The standard InChI is InChI=1S/C38H44N6O6/c45-26-27-11-13-29(14-12-27)34-23-33(25-43-17-19-44(20-18-43)38-39-15-4-16-40-38)49-37(50-34)32-8-2-7-31(22-32)30-6-1-5-28(21-30)24-41-35(46)9-3-10-36(47)42-48/h1-2,4-8,11-16,21-22,33-34,37,45,48H,3,9-10,17-20,23-26H2,(H,41,46)(H,42,47)/t33-,34+,37+/m1/s1. The van der Waals surface area contributed by atoms with Crippen LogP contribution in [0.3, 0.4) is 0 Å². The van der Waals surface area contributed by atoms with Gasteiger partial charge < -0.3 is 24.8 Å². The first kappa shape index (κ1) is 35.1. The number of piperazine rings is 1. The number of hydrogen-bond donors (Lipinski definition) is 4. The summed E-state index contributed by atoms with van der Waals surface area (Å²) in [5.41, 5.74) is 7.36. The molecule has 3 aromatic carbocycles. The molecule has 0 spiro atoms. The Kier molecular flexibility index (Phi) is 12.1. The molecule has 2 aliphatic rings. The number of aromatic nitrogens is 2. The van der Waals surface area contributed by atoms with E-state index in [1.165, 1.54) is 0 Å². The minimum Gasteiger partial charge on any atom is -0.392 e. The quantitative estimate of drug-likeness (QED) is 0.119. The van der Waals surface area contributed by atoms with E-state index in [1.54, 1.807) is 17.9 Å². The molecule has 50 heavy (non-hydrogen) atoms. The second kappa shape index (κ2) is 17.3. The molecular formula is C38H44N6O6. The van der Waals surface area contributed by atoms with Crippen molar-refractivity contribution in [1.29, 1.82) is 0 Å². The van der Waals surface area contributed by atoms with E-state index < -0.39 is 12.2 Å². The predicted octanol–water partition coefficient (Wildman–Crippen LogP) is 4.30. The van der Waals surface area contributed by atoms with Crippen molar-refractivity contribution in [1.82, 2.24) is 25.7 Å². The molecule has 3 atom stereocenters. The van der Waals surface area contributed by atoms with Crippen molar-refractivity contribution in [3.05, 3.63) is 114 Å². The van der Waals surface area contributed by atoms with Crippen LogP contribution in [0.4, 0.5) is 5.95 Å². The zero-order valence-corrected chi connectivity index (χ0v) is 28.0. The van der Waals surface area contributed by atoms with Crippen LogP contribution in [0.15, 0.2) is 91.3 Å². The van der Waals surface area contributed by atoms with Gasteiger partial charge in [0.2, 0.25) is 17.8 Å². The molecule has 0 bridgehead atoms. The molecule has 0 radical (unpaired) electrons. The maximum atomic E-state index is 12.3. The lowest BCUT2D eigenvalue weighted by Crippen LogP contribution is -2.50. The maximum absolute atomic E-state index is 12.3. The van der Waals surface area contributed by atoms with Crippen LogP contribution in [0.1, 0.15) is 60.3 Å². The molecule has 2 aliphatic heterocycles. The van der Waals surface area contributed by atoms with E-state index in [0.717, 1.165) is 72.1 Å². The highest BCUT2D eigenvalue weighted by molar-refractivity contribution is 5.78. The number of benzene rings is 3. The third kappa shape index (κ3) is 9.49. The van der Waals surface area contributed by atoms with Gasteiger partial charge in [-0.2, -0.15) is 0 Å². The minimum absolute atomic E-state index is 0.00790. The highest BCUT2D eigenvalue weighted by Gasteiger charge is 2.34. The third-order valence-electron chi connectivity index (χ3n) is 9.13. The van der Waals surface area contributed by atoms with Crippen molar-refractivity contribution in [3.63, 3.8) is 0 Å². The summed E-state index contributed by atoms with van der Waals surface area (Å²) < 4.78 is 13.3. The molecule has 12 heteroatoms. The summed E-state index contributed by atoms with van der Waals surface area (Å²) in [7, 11) is 0. The number of carbonyl (C=O) groups excluding carboxylic acids is 2. The number of nitrogens with zero attached hydrogens (tertiary/aromatic N) is 4. The zero-order chi connectivity index (χ0) is 34.7. The number of carbonyl (C=O) groups is 2. The van der Waals surface area contributed by atoms with Gasteiger partial charge in [0, 0.05) is 76.5 Å². The van der Waals surface area contributed by atoms with Crippen LogP contribution in [0.2, 0.25) is 0 Å². The van der Waals surface area contributed by atoms with Gasteiger partial charge in [-0.1, -0.05) is 60.7 Å². The van der Waals surface area contributed by atoms with Crippen molar-refractivity contribution >= 4 is 17.8 Å². The summed E-state index contributed by atoms with van der Waals surface area (Å²) >= 11 is 0. The smallest absolute Gasteiger partial charge is 0.243 e. The van der Waals surface area contributed by atoms with Crippen molar-refractivity contribution < 1.29 is 29.4 Å². The normalized spacial score (nSPS) is 19.6. The maximum Gasteiger partial charge on any atom is 0.243 e. The Hall–Kier alpha value is -4.72. The number of amides is 2. The highest BCUT2D eigenvalue weighted by Crippen LogP contribution is 2.39. The summed E-state index contributed by atoms with van der Waals surface area (Å²) in [6.07, 6.45) is 4.07. The number of rotatable bonds is 13. The molecule has 4 N–H and O–H groups in total. The van der Waals surface area contributed by atoms with E-state index in [0.29, 0.717) is 19.4 Å². The number of ether oxygens (including phenoxy) is 2. The number of hydroxylamine groups is 1. The van der Waals surface area contributed by atoms with Crippen LogP contribution >= 0.6 is 0 Å². The molecule has 0 aliphatic carbocycles. The Labute approximate surface area is 292 Å². The Morgan fingerprint density at radius 1 is 0.800 bits per heavy atom. The fourth-order valence-corrected chi connectivity index (χ4v) is 6.39. The molecule has 6 rings (SSSR count). The number of aliphatic hydroxyl groups excluding tert-OH is 1. The molecule has 3 heterocycles. The summed E-state index contributed by atoms with van der Waals surface area (Å²) in [5, 5.41) is 21.1. The molecule has 0 saturated carbocycles. The first-order chi connectivity index (χ1) is 24.5. The van der Waals surface area contributed by atoms with E-state index in [9.17, 15) is 14.7 Å². The van der Waals surface area contributed by atoms with Gasteiger partial charge in [-0.05, 0) is 52.4 Å². The fourth-order valence-electron chi connectivity index (χ4n) is 6.39. The van der Waals surface area contributed by atoms with E-state index in [4.69, 9.17) is 14.7 Å². The second-order valence-electron chi connectivity index (χ2n) is 12.7. The van der Waals surface area contributed by atoms with Crippen LogP contribution in [0.5, 0.6) is 0 Å². The summed E-state index contributed by atoms with van der Waals surface area (Å²) in [5.74, 6) is 0.100. The van der Waals surface area contributed by atoms with Crippen molar-refractivity contribution in [2.75, 3.05) is 37.6 Å². The van der Waals surface area contributed by atoms with Gasteiger partial charge in [0.15, 0.2) is 6.29 Å². The van der Waals surface area contributed by atoms with E-state index >= 15 is 0 Å². The van der Waals surface area contributed by atoms with Crippen LogP contribution in [-0.4, -0.2) is 75.8 Å². The topological polar surface area (TPSA) is 149 Å². The lowest BCUT2D eigenvalue weighted by atomic mass is 9.98. The molecular weight excluding hydrogens is 636 g/mol. The third-order valence-corrected chi connectivity index (χ3v) is 9.13. The van der Waals surface area contributed by atoms with Crippen molar-refractivity contribution in [2.45, 2.75) is 57.3 Å². The molecule has 2 amide bonds. The molecule has 2 saturated heterocycles. The Balaban J connectivity index is 1.13. The molecule has 1 aromatic heterocycles. The predicted molar refractivity (Wildman–Crippen MR) is 187 cm³/mol. The van der Waals surface area contributed by atoms with Gasteiger partial charge in [-0.25, -0.2) is 15.4 Å². The molecule has 0 unspecified atom stereocenters. The SMILES string of the molecule is O=C(CCCC(=O)NCc1cccc(-c2cccc([C@H]3O[C@@H](CN4CCN(c5ncccn5)CC4)C[C@@H](c4ccc(CO)cc4)O3)c2)c1)NO. The fraction of sp³-hybridized carbons (Fsp3) is 0.368. The number of aliphatic hydroxyl groups is 1. The summed E-state index contributed by atoms with van der Waals surface area (Å²) in [6.45, 7) is 4.58. The minimum atomic E-state index is -0.578. The number of hydrogen-bond acceptors (Lipinski definition) is 10. The largest absolute Gasteiger partial charge is 0.392 e. The summed E-state index contributed by atoms with van der Waals surface area (Å²) in [6, 6.07) is 26.0. The summed E-state index contributed by atoms with van der Waals surface area (Å²) in [4.78, 5) is 37.0. The van der Waals surface area contributed by atoms with Crippen molar-refractivity contribution in [2.24, 2.45) is 0 Å². The first-order valence-corrected chi connectivity index (χ1v) is 17.1. The van der Waals surface area contributed by atoms with Crippen molar-refractivity contribution in [3.8, 4) is 11.1 Å². The molecule has 2 fully saturated rings. The van der Waals surface area contributed by atoms with Gasteiger partial charge in [0.25, 0.3) is 0 Å². The van der Waals surface area contributed by atoms with E-state index in [-0.39, 0.29) is 37.6 Å². The Bertz CT molecular complexity index is 1700. The first-order valence-electron chi connectivity index (χ1n) is 17.1. The lowest BCUT2D eigenvalue weighted by molar-refractivity contribution is -0.253. The number of anilines is 1. The van der Waals surface area contributed by atoms with Crippen LogP contribution in [-0.2, 0) is 32.2 Å². The Morgan fingerprint density at radius 2 is 1.52 bits per heavy atom. The average Bonchev–Trinajstić information content (AvgIpc) is 3.17. The van der Waals surface area contributed by atoms with Crippen LogP contribution in [0.25, 0.3) is 11.1 Å². The van der Waals surface area contributed by atoms with Gasteiger partial charge >= 0.3 is 0 Å². The molecule has 262 valence electrons.